The zero-order chi connectivity index (χ0) is 12.6. The summed E-state index contributed by atoms with van der Waals surface area (Å²) in [5.74, 6) is 0. The minimum atomic E-state index is -1.27. The molecule has 0 saturated carbocycles. The monoisotopic (exact) mass is 242 g/mol. The maximum absolute atomic E-state index is 11.6. The van der Waals surface area contributed by atoms with Crippen molar-refractivity contribution in [2.24, 2.45) is 0 Å². The van der Waals surface area contributed by atoms with Crippen LogP contribution >= 0.6 is 0 Å². The Kier molecular flexibility index (Phi) is 3.25. The third-order valence-electron chi connectivity index (χ3n) is 2.76. The average Bonchev–Trinajstić information content (AvgIpc) is 2.57. The molecule has 1 aliphatic rings. The maximum atomic E-state index is 11.6. The van der Waals surface area contributed by atoms with Gasteiger partial charge in [-0.1, -0.05) is 0 Å². The van der Waals surface area contributed by atoms with Crippen LogP contribution in [0.25, 0.3) is 0 Å². The van der Waals surface area contributed by atoms with Crippen molar-refractivity contribution in [3.05, 3.63) is 28.4 Å². The molecule has 0 unspecified atom stereocenters. The number of aliphatic hydroxyl groups is 3. The van der Waals surface area contributed by atoms with E-state index in [0.717, 1.165) is 4.57 Å². The van der Waals surface area contributed by atoms with Crippen LogP contribution < -0.4 is 5.69 Å². The molecule has 1 saturated heterocycles. The summed E-state index contributed by atoms with van der Waals surface area (Å²) in [6.07, 6.45) is -2.98. The van der Waals surface area contributed by atoms with Crippen LogP contribution in [0.1, 0.15) is 11.9 Å². The summed E-state index contributed by atoms with van der Waals surface area (Å²) in [5.41, 5.74) is -0.0159. The van der Waals surface area contributed by atoms with Gasteiger partial charge in [-0.15, -0.1) is 0 Å². The quantitative estimate of drug-likeness (QED) is 0.563. The second-order valence-electron chi connectivity index (χ2n) is 3.99. The van der Waals surface area contributed by atoms with E-state index in [-0.39, 0.29) is 0 Å². The minimum Gasteiger partial charge on any atom is -0.394 e. The SMILES string of the molecule is Cc1ccn([C@@H]2O[C@H](CO)[C@@H](O)[C@@H]2O)c(=O)n1. The van der Waals surface area contributed by atoms with Crippen LogP contribution in [0.15, 0.2) is 17.1 Å². The van der Waals surface area contributed by atoms with Gasteiger partial charge in [0.25, 0.3) is 0 Å². The van der Waals surface area contributed by atoms with E-state index in [4.69, 9.17) is 9.84 Å². The highest BCUT2D eigenvalue weighted by Gasteiger charge is 2.43. The Bertz CT molecular complexity index is 460. The molecule has 7 heteroatoms. The van der Waals surface area contributed by atoms with Crippen molar-refractivity contribution in [2.75, 3.05) is 6.61 Å². The van der Waals surface area contributed by atoms with Crippen LogP contribution in [0.5, 0.6) is 0 Å². The lowest BCUT2D eigenvalue weighted by Crippen LogP contribution is -2.36. The third-order valence-corrected chi connectivity index (χ3v) is 2.76. The summed E-state index contributed by atoms with van der Waals surface area (Å²) in [6, 6.07) is 1.59. The van der Waals surface area contributed by atoms with Crippen LogP contribution in [0.2, 0.25) is 0 Å². The first-order valence-electron chi connectivity index (χ1n) is 5.23. The molecule has 1 aromatic rings. The number of aliphatic hydroxyl groups excluding tert-OH is 3. The highest BCUT2D eigenvalue weighted by atomic mass is 16.6. The third kappa shape index (κ3) is 2.09. The molecule has 4 atom stereocenters. The van der Waals surface area contributed by atoms with E-state index in [1.807, 2.05) is 0 Å². The molecule has 0 spiro atoms. The molecule has 0 radical (unpaired) electrons. The van der Waals surface area contributed by atoms with Crippen LogP contribution in [-0.2, 0) is 4.74 Å². The topological polar surface area (TPSA) is 105 Å². The van der Waals surface area contributed by atoms with Crippen LogP contribution in [0, 0.1) is 6.92 Å². The van der Waals surface area contributed by atoms with Gasteiger partial charge in [-0.25, -0.2) is 4.79 Å². The molecule has 3 N–H and O–H groups in total. The zero-order valence-electron chi connectivity index (χ0n) is 9.22. The molecular weight excluding hydrogens is 228 g/mol. The van der Waals surface area contributed by atoms with Gasteiger partial charge in [0.2, 0.25) is 0 Å². The van der Waals surface area contributed by atoms with Gasteiger partial charge in [0, 0.05) is 11.9 Å². The molecule has 0 aliphatic carbocycles. The van der Waals surface area contributed by atoms with E-state index < -0.39 is 36.8 Å². The van der Waals surface area contributed by atoms with Gasteiger partial charge in [-0.3, -0.25) is 4.57 Å². The highest BCUT2D eigenvalue weighted by molar-refractivity contribution is 4.98. The maximum Gasteiger partial charge on any atom is 0.349 e. The fourth-order valence-corrected chi connectivity index (χ4v) is 1.80. The fourth-order valence-electron chi connectivity index (χ4n) is 1.80. The molecule has 0 aromatic carbocycles. The van der Waals surface area contributed by atoms with Gasteiger partial charge in [-0.2, -0.15) is 4.98 Å². The standard InChI is InChI=1S/C10H14N2O5/c1-5-2-3-12(10(16)11-5)9-8(15)7(14)6(4-13)17-9/h2-3,6-9,13-15H,4H2,1H3/t6-,7-,8+,9-/m1/s1. The van der Waals surface area contributed by atoms with Crippen molar-refractivity contribution in [3.63, 3.8) is 0 Å². The Labute approximate surface area is 96.9 Å². The van der Waals surface area contributed by atoms with E-state index in [1.54, 1.807) is 13.0 Å². The highest BCUT2D eigenvalue weighted by Crippen LogP contribution is 2.27. The molecular formula is C10H14N2O5. The number of aryl methyl sites for hydroxylation is 1. The van der Waals surface area contributed by atoms with Crippen molar-refractivity contribution < 1.29 is 20.1 Å². The predicted molar refractivity (Wildman–Crippen MR) is 56.2 cm³/mol. The summed E-state index contributed by atoms with van der Waals surface area (Å²) >= 11 is 0. The molecule has 0 amide bonds. The predicted octanol–water partition coefficient (Wildman–Crippen LogP) is -1.84. The first kappa shape index (κ1) is 12.2. The second kappa shape index (κ2) is 4.53. The van der Waals surface area contributed by atoms with Gasteiger partial charge < -0.3 is 20.1 Å². The molecule has 0 bridgehead atoms. The Morgan fingerprint density at radius 3 is 2.71 bits per heavy atom. The van der Waals surface area contributed by atoms with Gasteiger partial charge in [0.05, 0.1) is 6.61 Å². The van der Waals surface area contributed by atoms with E-state index in [9.17, 15) is 15.0 Å². The van der Waals surface area contributed by atoms with E-state index in [1.165, 1.54) is 6.20 Å². The molecule has 7 nitrogen and oxygen atoms in total. The zero-order valence-corrected chi connectivity index (χ0v) is 9.22. The van der Waals surface area contributed by atoms with E-state index in [2.05, 4.69) is 4.98 Å². The molecule has 1 fully saturated rings. The first-order valence-corrected chi connectivity index (χ1v) is 5.23. The normalized spacial score (nSPS) is 32.9. The number of rotatable bonds is 2. The van der Waals surface area contributed by atoms with Crippen LogP contribution in [0.4, 0.5) is 0 Å². The number of hydrogen-bond donors (Lipinski definition) is 3. The van der Waals surface area contributed by atoms with Gasteiger partial charge in [-0.05, 0) is 13.0 Å². The van der Waals surface area contributed by atoms with Gasteiger partial charge in [0.1, 0.15) is 18.3 Å². The number of hydrogen-bond acceptors (Lipinski definition) is 6. The van der Waals surface area contributed by atoms with Crippen LogP contribution in [-0.4, -0.2) is 49.8 Å². The van der Waals surface area contributed by atoms with Crippen molar-refractivity contribution in [1.82, 2.24) is 9.55 Å². The van der Waals surface area contributed by atoms with Crippen molar-refractivity contribution in [3.8, 4) is 0 Å². The van der Waals surface area contributed by atoms with E-state index in [0.29, 0.717) is 5.69 Å². The van der Waals surface area contributed by atoms with Crippen LogP contribution in [0.3, 0.4) is 0 Å². The van der Waals surface area contributed by atoms with Gasteiger partial charge >= 0.3 is 5.69 Å². The Morgan fingerprint density at radius 1 is 1.47 bits per heavy atom. The second-order valence-corrected chi connectivity index (χ2v) is 3.99. The van der Waals surface area contributed by atoms with Gasteiger partial charge in [0.15, 0.2) is 6.23 Å². The molecule has 2 rings (SSSR count). The summed E-state index contributed by atoms with van der Waals surface area (Å²) in [5, 5.41) is 28.2. The lowest BCUT2D eigenvalue weighted by molar-refractivity contribution is -0.0550. The summed E-state index contributed by atoms with van der Waals surface area (Å²) < 4.78 is 6.31. The molecule has 17 heavy (non-hydrogen) atoms. The summed E-state index contributed by atoms with van der Waals surface area (Å²) in [7, 11) is 0. The fraction of sp³-hybridized carbons (Fsp3) is 0.600. The first-order chi connectivity index (χ1) is 8.04. The molecule has 1 aromatic heterocycles. The Morgan fingerprint density at radius 2 is 2.18 bits per heavy atom. The molecule has 2 heterocycles. The van der Waals surface area contributed by atoms with Crippen molar-refractivity contribution in [2.45, 2.75) is 31.5 Å². The molecule has 94 valence electrons. The van der Waals surface area contributed by atoms with Crippen molar-refractivity contribution >= 4 is 0 Å². The smallest absolute Gasteiger partial charge is 0.349 e. The summed E-state index contributed by atoms with van der Waals surface area (Å²) in [6.45, 7) is 1.24. The average molecular weight is 242 g/mol. The Hall–Kier alpha value is -1.28. The van der Waals surface area contributed by atoms with Crippen molar-refractivity contribution in [1.29, 1.82) is 0 Å². The number of ether oxygens (including phenoxy) is 1. The largest absolute Gasteiger partial charge is 0.394 e. The lowest BCUT2D eigenvalue weighted by atomic mass is 10.1. The number of nitrogens with zero attached hydrogens (tertiary/aromatic N) is 2. The Balaban J connectivity index is 2.32. The lowest BCUT2D eigenvalue weighted by Gasteiger charge is -2.16. The molecule has 1 aliphatic heterocycles. The van der Waals surface area contributed by atoms with E-state index >= 15 is 0 Å². The minimum absolute atomic E-state index is 0.428. The number of aromatic nitrogens is 2. The summed E-state index contributed by atoms with van der Waals surface area (Å²) in [4.78, 5) is 15.3.